The van der Waals surface area contributed by atoms with E-state index in [9.17, 15) is 24.3 Å². The molecule has 1 aliphatic heterocycles. The van der Waals surface area contributed by atoms with E-state index in [1.54, 1.807) is 62.4 Å². The number of carboxylic acids is 1. The van der Waals surface area contributed by atoms with Crippen LogP contribution in [0.2, 0.25) is 5.02 Å². The number of benzene rings is 2. The summed E-state index contributed by atoms with van der Waals surface area (Å²) in [6.07, 6.45) is -0.638. The number of nitrogens with one attached hydrogen (secondary N) is 1. The molecule has 5 rings (SSSR count). The van der Waals surface area contributed by atoms with Crippen LogP contribution in [-0.4, -0.2) is 57.7 Å². The number of nitrogens with zero attached hydrogens (tertiary/aromatic N) is 3. The van der Waals surface area contributed by atoms with Crippen LogP contribution in [0.1, 0.15) is 37.1 Å². The average molecular weight is 553 g/mol. The third-order valence-electron chi connectivity index (χ3n) is 6.99. The van der Waals surface area contributed by atoms with Crippen LogP contribution >= 0.6 is 11.6 Å². The molecule has 1 saturated heterocycles. The number of carboxylic acid groups (broad SMARTS) is 1. The van der Waals surface area contributed by atoms with E-state index >= 15 is 0 Å². The highest BCUT2D eigenvalue weighted by Crippen LogP contribution is 2.43. The molecule has 2 heterocycles. The van der Waals surface area contributed by atoms with Crippen LogP contribution in [0.3, 0.4) is 0 Å². The summed E-state index contributed by atoms with van der Waals surface area (Å²) in [5.41, 5.74) is 1.19. The quantitative estimate of drug-likeness (QED) is 0.439. The molecule has 1 aliphatic carbocycles. The van der Waals surface area contributed by atoms with Crippen molar-refractivity contribution in [3.8, 4) is 11.3 Å². The lowest BCUT2D eigenvalue weighted by molar-refractivity contribution is -0.154. The van der Waals surface area contributed by atoms with Crippen LogP contribution in [0.25, 0.3) is 11.3 Å². The summed E-state index contributed by atoms with van der Waals surface area (Å²) in [7, 11) is 0. The fourth-order valence-electron chi connectivity index (χ4n) is 4.63. The van der Waals surface area contributed by atoms with Gasteiger partial charge in [-0.3, -0.25) is 14.9 Å². The number of aromatic nitrogens is 1. The van der Waals surface area contributed by atoms with Crippen molar-refractivity contribution in [3.63, 3.8) is 0 Å². The zero-order valence-corrected chi connectivity index (χ0v) is 21.9. The van der Waals surface area contributed by atoms with Gasteiger partial charge in [0.25, 0.3) is 0 Å². The third-order valence-corrected chi connectivity index (χ3v) is 7.33. The normalized spacial score (nSPS) is 17.1. The Morgan fingerprint density at radius 2 is 1.79 bits per heavy atom. The van der Waals surface area contributed by atoms with Crippen LogP contribution in [0, 0.1) is 6.92 Å². The zero-order chi connectivity index (χ0) is 27.9. The molecule has 1 saturated carbocycles. The number of rotatable bonds is 7. The van der Waals surface area contributed by atoms with Crippen molar-refractivity contribution < 1.29 is 33.5 Å². The van der Waals surface area contributed by atoms with E-state index in [1.165, 1.54) is 9.80 Å². The molecule has 3 amide bonds. The molecule has 2 fully saturated rings. The molecule has 2 N–H and O–H groups in total. The van der Waals surface area contributed by atoms with Gasteiger partial charge in [0.05, 0.1) is 0 Å². The molecular weight excluding hydrogens is 528 g/mol. The van der Waals surface area contributed by atoms with Crippen LogP contribution < -0.4 is 10.2 Å². The molecule has 0 radical (unpaired) electrons. The number of halogens is 1. The molecule has 1 aromatic heterocycles. The highest BCUT2D eigenvalue weighted by Gasteiger charge is 2.58. The number of carbonyl (C=O) groups is 4. The number of ether oxygens (including phenoxy) is 1. The van der Waals surface area contributed by atoms with Gasteiger partial charge in [-0.15, -0.1) is 0 Å². The number of aliphatic carboxylic acids is 1. The Bertz CT molecular complexity index is 1470. The second kappa shape index (κ2) is 10.1. The molecule has 2 aromatic carbocycles. The molecule has 202 valence electrons. The minimum Gasteiger partial charge on any atom is -0.479 e. The highest BCUT2D eigenvalue weighted by molar-refractivity contribution is 6.31. The van der Waals surface area contributed by atoms with E-state index in [2.05, 4.69) is 10.5 Å². The summed E-state index contributed by atoms with van der Waals surface area (Å²) in [5, 5.41) is 16.6. The van der Waals surface area contributed by atoms with Crippen molar-refractivity contribution in [1.82, 2.24) is 10.1 Å². The monoisotopic (exact) mass is 552 g/mol. The summed E-state index contributed by atoms with van der Waals surface area (Å²) in [6.45, 7) is 2.83. The van der Waals surface area contributed by atoms with Crippen LogP contribution in [-0.2, 0) is 19.1 Å². The van der Waals surface area contributed by atoms with Crippen molar-refractivity contribution in [1.29, 1.82) is 0 Å². The number of aryl methyl sites for hydroxylation is 1. The van der Waals surface area contributed by atoms with Crippen LogP contribution in [0.15, 0.2) is 53.1 Å². The predicted molar refractivity (Wildman–Crippen MR) is 140 cm³/mol. The molecular formula is C27H25ClN4O7. The summed E-state index contributed by atoms with van der Waals surface area (Å²) < 4.78 is 10.9. The lowest BCUT2D eigenvalue weighted by Gasteiger charge is -2.37. The van der Waals surface area contributed by atoms with Crippen LogP contribution in [0.4, 0.5) is 16.2 Å². The topological polar surface area (TPSA) is 142 Å². The minimum absolute atomic E-state index is 0.253. The Balaban J connectivity index is 1.28. The molecule has 1 atom stereocenters. The van der Waals surface area contributed by atoms with Gasteiger partial charge < -0.3 is 24.2 Å². The maximum Gasteiger partial charge on any atom is 0.412 e. The van der Waals surface area contributed by atoms with Gasteiger partial charge in [0.1, 0.15) is 36.1 Å². The summed E-state index contributed by atoms with van der Waals surface area (Å²) in [5.74, 6) is -1.59. The Morgan fingerprint density at radius 1 is 1.10 bits per heavy atom. The Hall–Kier alpha value is -4.38. The Morgan fingerprint density at radius 3 is 2.44 bits per heavy atom. The lowest BCUT2D eigenvalue weighted by atomic mass is 10.1. The van der Waals surface area contributed by atoms with E-state index in [1.807, 2.05) is 0 Å². The van der Waals surface area contributed by atoms with Gasteiger partial charge in [0, 0.05) is 21.8 Å². The zero-order valence-electron chi connectivity index (χ0n) is 21.1. The van der Waals surface area contributed by atoms with Gasteiger partial charge in [-0.05, 0) is 57.0 Å². The molecule has 3 aromatic rings. The molecule has 11 nitrogen and oxygen atoms in total. The first kappa shape index (κ1) is 26.2. The molecule has 2 aliphatic rings. The Kier molecular flexibility index (Phi) is 6.77. The fraction of sp³-hybridized carbons (Fsp3) is 0.296. The fourth-order valence-corrected chi connectivity index (χ4v) is 4.92. The number of amides is 3. The van der Waals surface area contributed by atoms with E-state index in [4.69, 9.17) is 20.9 Å². The standard InChI is InChI=1S/C27H25ClN4O7/c1-15-23(29-26(37)38-16(2)19-5-3-4-6-20(19)28)24(39-30-15)17-7-9-18(10-8-17)31-13-22(34)32(14-21(31)33)27(11-12-27)25(35)36/h3-10,16H,11-14H2,1-2H3,(H,29,37)(H,35,36). The van der Waals surface area contributed by atoms with Gasteiger partial charge in [0.2, 0.25) is 11.8 Å². The second-order valence-electron chi connectivity index (χ2n) is 9.51. The number of piperazine rings is 1. The van der Waals surface area contributed by atoms with E-state index < -0.39 is 29.6 Å². The minimum atomic E-state index is -1.26. The predicted octanol–water partition coefficient (Wildman–Crippen LogP) is 4.41. The Labute approximate surface area is 228 Å². The van der Waals surface area contributed by atoms with Crippen molar-refractivity contribution in [3.05, 3.63) is 64.8 Å². The van der Waals surface area contributed by atoms with Crippen molar-refractivity contribution in [2.45, 2.75) is 38.3 Å². The third kappa shape index (κ3) is 4.92. The largest absolute Gasteiger partial charge is 0.479 e. The number of hydrogen-bond donors (Lipinski definition) is 2. The van der Waals surface area contributed by atoms with E-state index in [-0.39, 0.29) is 24.8 Å². The molecule has 1 unspecified atom stereocenters. The van der Waals surface area contributed by atoms with Gasteiger partial charge in [0.15, 0.2) is 5.76 Å². The smallest absolute Gasteiger partial charge is 0.412 e. The average Bonchev–Trinajstić information content (AvgIpc) is 3.64. The lowest BCUT2D eigenvalue weighted by Crippen LogP contribution is -2.60. The summed E-state index contributed by atoms with van der Waals surface area (Å²) in [4.78, 5) is 52.3. The first-order valence-electron chi connectivity index (χ1n) is 12.2. The molecule has 39 heavy (non-hydrogen) atoms. The first-order valence-corrected chi connectivity index (χ1v) is 12.6. The SMILES string of the molecule is Cc1noc(-c2ccc(N3CC(=O)N(C4(C(=O)O)CC4)CC3=O)cc2)c1NC(=O)OC(C)c1ccccc1Cl. The maximum atomic E-state index is 12.8. The molecule has 0 bridgehead atoms. The highest BCUT2D eigenvalue weighted by atomic mass is 35.5. The van der Waals surface area contributed by atoms with E-state index in [0.29, 0.717) is 46.1 Å². The summed E-state index contributed by atoms with van der Waals surface area (Å²) >= 11 is 6.20. The van der Waals surface area contributed by atoms with Crippen molar-refractivity contribution in [2.75, 3.05) is 23.3 Å². The van der Waals surface area contributed by atoms with Gasteiger partial charge in [-0.25, -0.2) is 9.59 Å². The van der Waals surface area contributed by atoms with Gasteiger partial charge >= 0.3 is 12.1 Å². The second-order valence-corrected chi connectivity index (χ2v) is 9.92. The first-order chi connectivity index (χ1) is 18.6. The summed E-state index contributed by atoms with van der Waals surface area (Å²) in [6, 6.07) is 13.7. The number of hydrogen-bond acceptors (Lipinski definition) is 7. The van der Waals surface area contributed by atoms with Crippen LogP contribution in [0.5, 0.6) is 0 Å². The van der Waals surface area contributed by atoms with Crippen molar-refractivity contribution >= 4 is 46.9 Å². The number of anilines is 2. The van der Waals surface area contributed by atoms with E-state index in [0.717, 1.165) is 0 Å². The molecule has 12 heteroatoms. The van der Waals surface area contributed by atoms with Crippen molar-refractivity contribution in [2.24, 2.45) is 0 Å². The maximum absolute atomic E-state index is 12.8. The van der Waals surface area contributed by atoms with Gasteiger partial charge in [-0.2, -0.15) is 0 Å². The molecule has 0 spiro atoms. The number of carbonyl (C=O) groups excluding carboxylic acids is 3. The van der Waals surface area contributed by atoms with Gasteiger partial charge in [-0.1, -0.05) is 35.0 Å².